The van der Waals surface area contributed by atoms with Crippen LogP contribution in [0.2, 0.25) is 0 Å². The molecule has 1 unspecified atom stereocenters. The SMILES string of the molecule is CC(Nc1cnc2ccccc2n1)c1ccc(CN)cc1. The molecule has 0 amide bonds. The van der Waals surface area contributed by atoms with E-state index in [1.54, 1.807) is 6.20 Å². The van der Waals surface area contributed by atoms with Crippen LogP contribution >= 0.6 is 0 Å². The Balaban J connectivity index is 1.79. The van der Waals surface area contributed by atoms with Gasteiger partial charge in [-0.05, 0) is 30.2 Å². The number of rotatable bonds is 4. The van der Waals surface area contributed by atoms with Gasteiger partial charge < -0.3 is 11.1 Å². The summed E-state index contributed by atoms with van der Waals surface area (Å²) in [5, 5.41) is 3.38. The molecule has 4 nitrogen and oxygen atoms in total. The molecule has 106 valence electrons. The first kappa shape index (κ1) is 13.5. The molecule has 0 saturated carbocycles. The smallest absolute Gasteiger partial charge is 0.145 e. The number of nitrogens with one attached hydrogen (secondary N) is 1. The van der Waals surface area contributed by atoms with E-state index in [-0.39, 0.29) is 6.04 Å². The topological polar surface area (TPSA) is 63.8 Å². The molecule has 0 aliphatic heterocycles. The number of benzene rings is 2. The summed E-state index contributed by atoms with van der Waals surface area (Å²) in [6.07, 6.45) is 1.77. The minimum absolute atomic E-state index is 0.160. The maximum absolute atomic E-state index is 5.62. The van der Waals surface area contributed by atoms with Gasteiger partial charge in [-0.15, -0.1) is 0 Å². The van der Waals surface area contributed by atoms with Crippen molar-refractivity contribution in [3.8, 4) is 0 Å². The van der Waals surface area contributed by atoms with Gasteiger partial charge in [0.1, 0.15) is 5.82 Å². The molecule has 0 radical (unpaired) electrons. The lowest BCUT2D eigenvalue weighted by Gasteiger charge is -2.15. The van der Waals surface area contributed by atoms with Crippen LogP contribution in [-0.2, 0) is 6.54 Å². The summed E-state index contributed by atoms with van der Waals surface area (Å²) >= 11 is 0. The number of nitrogens with two attached hydrogens (primary N) is 1. The van der Waals surface area contributed by atoms with Crippen molar-refractivity contribution in [3.05, 3.63) is 65.9 Å². The predicted octanol–water partition coefficient (Wildman–Crippen LogP) is 3.26. The molecular formula is C17H18N4. The number of para-hydroxylation sites is 2. The molecule has 0 aliphatic carbocycles. The van der Waals surface area contributed by atoms with Crippen molar-refractivity contribution in [1.82, 2.24) is 9.97 Å². The molecular weight excluding hydrogens is 260 g/mol. The van der Waals surface area contributed by atoms with Crippen LogP contribution in [0.15, 0.2) is 54.7 Å². The van der Waals surface area contributed by atoms with Crippen LogP contribution in [0.1, 0.15) is 24.1 Å². The molecule has 0 spiro atoms. The Kier molecular flexibility index (Phi) is 3.79. The van der Waals surface area contributed by atoms with Crippen molar-refractivity contribution in [2.45, 2.75) is 19.5 Å². The van der Waals surface area contributed by atoms with E-state index in [1.165, 1.54) is 5.56 Å². The zero-order valence-electron chi connectivity index (χ0n) is 12.0. The Morgan fingerprint density at radius 2 is 1.76 bits per heavy atom. The van der Waals surface area contributed by atoms with Crippen molar-refractivity contribution < 1.29 is 0 Å². The average molecular weight is 278 g/mol. The monoisotopic (exact) mass is 278 g/mol. The molecule has 0 bridgehead atoms. The molecule has 1 aromatic heterocycles. The first-order chi connectivity index (χ1) is 10.3. The van der Waals surface area contributed by atoms with Crippen LogP contribution in [0.25, 0.3) is 11.0 Å². The maximum atomic E-state index is 5.62. The third kappa shape index (κ3) is 3.01. The van der Waals surface area contributed by atoms with Gasteiger partial charge in [-0.1, -0.05) is 36.4 Å². The summed E-state index contributed by atoms with van der Waals surface area (Å²) in [6, 6.07) is 16.3. The molecule has 0 fully saturated rings. The summed E-state index contributed by atoms with van der Waals surface area (Å²) in [4.78, 5) is 8.99. The Labute approximate surface area is 124 Å². The molecule has 0 saturated heterocycles. The van der Waals surface area contributed by atoms with Gasteiger partial charge in [-0.2, -0.15) is 0 Å². The fourth-order valence-corrected chi connectivity index (χ4v) is 2.27. The lowest BCUT2D eigenvalue weighted by molar-refractivity contribution is 0.872. The lowest BCUT2D eigenvalue weighted by atomic mass is 10.1. The van der Waals surface area contributed by atoms with E-state index in [1.807, 2.05) is 24.3 Å². The Morgan fingerprint density at radius 3 is 2.48 bits per heavy atom. The van der Waals surface area contributed by atoms with Gasteiger partial charge in [0, 0.05) is 12.6 Å². The molecule has 21 heavy (non-hydrogen) atoms. The zero-order chi connectivity index (χ0) is 14.7. The van der Waals surface area contributed by atoms with Gasteiger partial charge in [0.25, 0.3) is 0 Å². The Morgan fingerprint density at radius 1 is 1.05 bits per heavy atom. The number of anilines is 1. The highest BCUT2D eigenvalue weighted by Crippen LogP contribution is 2.19. The predicted molar refractivity (Wildman–Crippen MR) is 85.9 cm³/mol. The highest BCUT2D eigenvalue weighted by atomic mass is 15.0. The zero-order valence-corrected chi connectivity index (χ0v) is 12.0. The molecule has 3 aromatic rings. The summed E-state index contributed by atoms with van der Waals surface area (Å²) in [5.41, 5.74) is 9.75. The summed E-state index contributed by atoms with van der Waals surface area (Å²) < 4.78 is 0. The number of hydrogen-bond acceptors (Lipinski definition) is 4. The van der Waals surface area contributed by atoms with Crippen molar-refractivity contribution in [2.75, 3.05) is 5.32 Å². The van der Waals surface area contributed by atoms with Crippen LogP contribution < -0.4 is 11.1 Å². The minimum Gasteiger partial charge on any atom is -0.362 e. The standard InChI is InChI=1S/C17H18N4/c1-12(14-8-6-13(10-18)7-9-14)20-17-11-19-15-4-2-3-5-16(15)21-17/h2-9,11-12H,10,18H2,1H3,(H,20,21). The second-order valence-electron chi connectivity index (χ2n) is 5.06. The number of hydrogen-bond donors (Lipinski definition) is 2. The van der Waals surface area contributed by atoms with Crippen LogP contribution in [0, 0.1) is 0 Å². The van der Waals surface area contributed by atoms with Gasteiger partial charge in [-0.3, -0.25) is 4.98 Å². The maximum Gasteiger partial charge on any atom is 0.145 e. The Hall–Kier alpha value is -2.46. The third-order valence-corrected chi connectivity index (χ3v) is 3.53. The summed E-state index contributed by atoms with van der Waals surface area (Å²) in [6.45, 7) is 2.67. The van der Waals surface area contributed by atoms with Gasteiger partial charge >= 0.3 is 0 Å². The Bertz CT molecular complexity index is 737. The quantitative estimate of drug-likeness (QED) is 0.769. The first-order valence-corrected chi connectivity index (χ1v) is 7.03. The molecule has 0 aliphatic rings. The summed E-state index contributed by atoms with van der Waals surface area (Å²) in [5.74, 6) is 0.782. The molecule has 2 aromatic carbocycles. The molecule has 1 atom stereocenters. The average Bonchev–Trinajstić information content (AvgIpc) is 2.55. The van der Waals surface area contributed by atoms with E-state index in [2.05, 4.69) is 46.5 Å². The first-order valence-electron chi connectivity index (χ1n) is 7.03. The van der Waals surface area contributed by atoms with E-state index in [0.29, 0.717) is 6.54 Å². The molecule has 1 heterocycles. The molecule has 3 N–H and O–H groups in total. The van der Waals surface area contributed by atoms with E-state index in [9.17, 15) is 0 Å². The van der Waals surface area contributed by atoms with Crippen LogP contribution in [0.3, 0.4) is 0 Å². The normalized spacial score (nSPS) is 12.3. The third-order valence-electron chi connectivity index (χ3n) is 3.53. The van der Waals surface area contributed by atoms with E-state index in [4.69, 9.17) is 5.73 Å². The highest BCUT2D eigenvalue weighted by molar-refractivity contribution is 5.75. The lowest BCUT2D eigenvalue weighted by Crippen LogP contribution is -2.08. The number of fused-ring (bicyclic) bond motifs is 1. The van der Waals surface area contributed by atoms with Crippen molar-refractivity contribution >= 4 is 16.9 Å². The van der Waals surface area contributed by atoms with Gasteiger partial charge in [0.15, 0.2) is 0 Å². The van der Waals surface area contributed by atoms with E-state index >= 15 is 0 Å². The van der Waals surface area contributed by atoms with Crippen molar-refractivity contribution in [1.29, 1.82) is 0 Å². The van der Waals surface area contributed by atoms with Crippen LogP contribution in [0.4, 0.5) is 5.82 Å². The number of aromatic nitrogens is 2. The second kappa shape index (κ2) is 5.89. The van der Waals surface area contributed by atoms with Gasteiger partial charge in [-0.25, -0.2) is 4.98 Å². The second-order valence-corrected chi connectivity index (χ2v) is 5.06. The van der Waals surface area contributed by atoms with Crippen molar-refractivity contribution in [3.63, 3.8) is 0 Å². The molecule has 4 heteroatoms. The highest BCUT2D eigenvalue weighted by Gasteiger charge is 2.07. The minimum atomic E-state index is 0.160. The largest absolute Gasteiger partial charge is 0.362 e. The van der Waals surface area contributed by atoms with Gasteiger partial charge in [0.05, 0.1) is 17.2 Å². The fourth-order valence-electron chi connectivity index (χ4n) is 2.27. The van der Waals surface area contributed by atoms with Crippen LogP contribution in [0.5, 0.6) is 0 Å². The van der Waals surface area contributed by atoms with E-state index < -0.39 is 0 Å². The fraction of sp³-hybridized carbons (Fsp3) is 0.176. The molecule has 3 rings (SSSR count). The number of nitrogens with zero attached hydrogens (tertiary/aromatic N) is 2. The van der Waals surface area contributed by atoms with E-state index in [0.717, 1.165) is 22.4 Å². The van der Waals surface area contributed by atoms with Gasteiger partial charge in [0.2, 0.25) is 0 Å². The summed E-state index contributed by atoms with van der Waals surface area (Å²) in [7, 11) is 0. The van der Waals surface area contributed by atoms with Crippen LogP contribution in [-0.4, -0.2) is 9.97 Å². The van der Waals surface area contributed by atoms with Crippen molar-refractivity contribution in [2.24, 2.45) is 5.73 Å².